The van der Waals surface area contributed by atoms with Crippen molar-refractivity contribution in [2.45, 2.75) is 39.2 Å². The van der Waals surface area contributed by atoms with Crippen LogP contribution in [0.5, 0.6) is 0 Å². The summed E-state index contributed by atoms with van der Waals surface area (Å²) < 4.78 is 0. The maximum atomic E-state index is 11.6. The van der Waals surface area contributed by atoms with Crippen LogP contribution < -0.4 is 10.6 Å². The Morgan fingerprint density at radius 1 is 1.24 bits per heavy atom. The van der Waals surface area contributed by atoms with E-state index in [1.54, 1.807) is 0 Å². The molecule has 0 bridgehead atoms. The maximum Gasteiger partial charge on any atom is 0.317 e. The van der Waals surface area contributed by atoms with Crippen molar-refractivity contribution >= 4 is 11.9 Å². The molecule has 0 radical (unpaired) electrons. The average Bonchev–Trinajstić information content (AvgIpc) is 2.24. The average molecular weight is 242 g/mol. The van der Waals surface area contributed by atoms with E-state index in [-0.39, 0.29) is 25.0 Å². The van der Waals surface area contributed by atoms with Gasteiger partial charge in [-0.15, -0.1) is 0 Å². The van der Waals surface area contributed by atoms with E-state index in [1.807, 2.05) is 0 Å². The van der Waals surface area contributed by atoms with Gasteiger partial charge in [0, 0.05) is 6.04 Å². The minimum Gasteiger partial charge on any atom is -0.480 e. The Hall–Kier alpha value is -1.10. The summed E-state index contributed by atoms with van der Waals surface area (Å²) in [7, 11) is 0. The van der Waals surface area contributed by atoms with Gasteiger partial charge < -0.3 is 10.4 Å². The summed E-state index contributed by atoms with van der Waals surface area (Å²) in [5.41, 5.74) is 0. The SMILES string of the molecule is CC1CCCC(NC(=O)CNCC(=O)O)C1C. The van der Waals surface area contributed by atoms with Crippen LogP contribution in [0.15, 0.2) is 0 Å². The summed E-state index contributed by atoms with van der Waals surface area (Å²) in [5, 5.41) is 14.0. The van der Waals surface area contributed by atoms with Crippen LogP contribution in [-0.2, 0) is 9.59 Å². The topological polar surface area (TPSA) is 78.4 Å². The van der Waals surface area contributed by atoms with E-state index in [2.05, 4.69) is 24.5 Å². The van der Waals surface area contributed by atoms with Crippen molar-refractivity contribution in [3.8, 4) is 0 Å². The lowest BCUT2D eigenvalue weighted by Gasteiger charge is -2.34. The lowest BCUT2D eigenvalue weighted by molar-refractivity contribution is -0.136. The first-order valence-corrected chi connectivity index (χ1v) is 6.22. The minimum absolute atomic E-state index is 0.0733. The molecule has 0 heterocycles. The van der Waals surface area contributed by atoms with Crippen molar-refractivity contribution in [1.82, 2.24) is 10.6 Å². The summed E-state index contributed by atoms with van der Waals surface area (Å²) in [6.45, 7) is 4.28. The second-order valence-corrected chi connectivity index (χ2v) is 4.94. The van der Waals surface area contributed by atoms with Crippen LogP contribution in [0, 0.1) is 11.8 Å². The Bertz CT molecular complexity index is 281. The molecule has 0 aliphatic heterocycles. The van der Waals surface area contributed by atoms with E-state index in [0.717, 1.165) is 12.8 Å². The molecular weight excluding hydrogens is 220 g/mol. The number of rotatable bonds is 5. The maximum absolute atomic E-state index is 11.6. The van der Waals surface area contributed by atoms with Crippen LogP contribution in [0.25, 0.3) is 0 Å². The molecule has 3 unspecified atom stereocenters. The molecule has 0 aromatic heterocycles. The Kier molecular flexibility index (Phi) is 5.41. The van der Waals surface area contributed by atoms with Gasteiger partial charge >= 0.3 is 5.97 Å². The predicted molar refractivity (Wildman–Crippen MR) is 64.6 cm³/mol. The van der Waals surface area contributed by atoms with Crippen molar-refractivity contribution < 1.29 is 14.7 Å². The van der Waals surface area contributed by atoms with Crippen molar-refractivity contribution in [1.29, 1.82) is 0 Å². The van der Waals surface area contributed by atoms with Crippen molar-refractivity contribution in [2.75, 3.05) is 13.1 Å². The monoisotopic (exact) mass is 242 g/mol. The van der Waals surface area contributed by atoms with Crippen LogP contribution in [0.3, 0.4) is 0 Å². The lowest BCUT2D eigenvalue weighted by Crippen LogP contribution is -2.47. The summed E-state index contributed by atoms with van der Waals surface area (Å²) in [5.74, 6) is 0.0721. The first kappa shape index (κ1) is 14.0. The van der Waals surface area contributed by atoms with E-state index in [1.165, 1.54) is 6.42 Å². The minimum atomic E-state index is -0.947. The molecule has 3 N–H and O–H groups in total. The molecule has 0 spiro atoms. The third kappa shape index (κ3) is 4.73. The Balaban J connectivity index is 2.27. The van der Waals surface area contributed by atoms with Gasteiger partial charge in [0.15, 0.2) is 0 Å². The molecule has 1 aliphatic carbocycles. The highest BCUT2D eigenvalue weighted by atomic mass is 16.4. The summed E-state index contributed by atoms with van der Waals surface area (Å²) >= 11 is 0. The van der Waals surface area contributed by atoms with Gasteiger partial charge in [0.25, 0.3) is 0 Å². The fraction of sp³-hybridized carbons (Fsp3) is 0.833. The molecule has 17 heavy (non-hydrogen) atoms. The van der Waals surface area contributed by atoms with Crippen LogP contribution in [-0.4, -0.2) is 36.1 Å². The van der Waals surface area contributed by atoms with E-state index < -0.39 is 5.97 Å². The largest absolute Gasteiger partial charge is 0.480 e. The zero-order valence-corrected chi connectivity index (χ0v) is 10.5. The van der Waals surface area contributed by atoms with Crippen molar-refractivity contribution in [2.24, 2.45) is 11.8 Å². The predicted octanol–water partition coefficient (Wildman–Crippen LogP) is 0.601. The fourth-order valence-electron chi connectivity index (χ4n) is 2.33. The van der Waals surface area contributed by atoms with Gasteiger partial charge in [0.05, 0.1) is 13.1 Å². The number of hydrogen-bond donors (Lipinski definition) is 3. The first-order chi connectivity index (χ1) is 8.00. The molecule has 1 rings (SSSR count). The molecule has 0 saturated heterocycles. The van der Waals surface area contributed by atoms with Crippen LogP contribution >= 0.6 is 0 Å². The van der Waals surface area contributed by atoms with Gasteiger partial charge in [0.1, 0.15) is 0 Å². The molecule has 1 aliphatic rings. The number of amides is 1. The third-order valence-electron chi connectivity index (χ3n) is 3.62. The zero-order valence-electron chi connectivity index (χ0n) is 10.5. The summed E-state index contributed by atoms with van der Waals surface area (Å²) in [6, 6.07) is 0.234. The van der Waals surface area contributed by atoms with E-state index >= 15 is 0 Å². The highest BCUT2D eigenvalue weighted by molar-refractivity contribution is 5.79. The summed E-state index contributed by atoms with van der Waals surface area (Å²) in [6.07, 6.45) is 3.40. The molecule has 0 aromatic rings. The van der Waals surface area contributed by atoms with Gasteiger partial charge in [-0.05, 0) is 18.3 Å². The molecule has 5 heteroatoms. The number of nitrogens with one attached hydrogen (secondary N) is 2. The number of carboxylic acids is 1. The van der Waals surface area contributed by atoms with Gasteiger partial charge in [-0.25, -0.2) is 0 Å². The quantitative estimate of drug-likeness (QED) is 0.659. The molecule has 98 valence electrons. The number of carbonyl (C=O) groups is 2. The Morgan fingerprint density at radius 3 is 2.59 bits per heavy atom. The molecule has 3 atom stereocenters. The van der Waals surface area contributed by atoms with Gasteiger partial charge in [0.2, 0.25) is 5.91 Å². The standard InChI is InChI=1S/C12H22N2O3/c1-8-4-3-5-10(9(8)2)14-11(15)6-13-7-12(16)17/h8-10,13H,3-7H2,1-2H3,(H,14,15)(H,16,17). The van der Waals surface area contributed by atoms with Gasteiger partial charge in [-0.2, -0.15) is 0 Å². The Morgan fingerprint density at radius 2 is 1.94 bits per heavy atom. The molecule has 1 amide bonds. The molecule has 0 aromatic carbocycles. The normalized spacial score (nSPS) is 28.7. The Labute approximate surface area is 102 Å². The number of hydrogen-bond acceptors (Lipinski definition) is 3. The second kappa shape index (κ2) is 6.59. The first-order valence-electron chi connectivity index (χ1n) is 6.22. The van der Waals surface area contributed by atoms with Crippen molar-refractivity contribution in [3.63, 3.8) is 0 Å². The molecule has 1 saturated carbocycles. The van der Waals surface area contributed by atoms with Crippen LogP contribution in [0.4, 0.5) is 0 Å². The van der Waals surface area contributed by atoms with Gasteiger partial charge in [-0.3, -0.25) is 14.9 Å². The number of carbonyl (C=O) groups excluding carboxylic acids is 1. The third-order valence-corrected chi connectivity index (χ3v) is 3.62. The number of carboxylic acid groups (broad SMARTS) is 1. The number of aliphatic carboxylic acids is 1. The zero-order chi connectivity index (χ0) is 12.8. The van der Waals surface area contributed by atoms with Crippen LogP contribution in [0.1, 0.15) is 33.1 Å². The fourth-order valence-corrected chi connectivity index (χ4v) is 2.33. The van der Waals surface area contributed by atoms with Crippen molar-refractivity contribution in [3.05, 3.63) is 0 Å². The van der Waals surface area contributed by atoms with E-state index in [0.29, 0.717) is 11.8 Å². The van der Waals surface area contributed by atoms with Crippen LogP contribution in [0.2, 0.25) is 0 Å². The molecule has 1 fully saturated rings. The van der Waals surface area contributed by atoms with E-state index in [9.17, 15) is 9.59 Å². The van der Waals surface area contributed by atoms with E-state index in [4.69, 9.17) is 5.11 Å². The summed E-state index contributed by atoms with van der Waals surface area (Å²) in [4.78, 5) is 21.9. The highest BCUT2D eigenvalue weighted by Crippen LogP contribution is 2.29. The second-order valence-electron chi connectivity index (χ2n) is 4.94. The molecular formula is C12H22N2O3. The molecule has 5 nitrogen and oxygen atoms in total. The lowest BCUT2D eigenvalue weighted by atomic mass is 9.78. The highest BCUT2D eigenvalue weighted by Gasteiger charge is 2.27. The van der Waals surface area contributed by atoms with Gasteiger partial charge in [-0.1, -0.05) is 26.7 Å². The smallest absolute Gasteiger partial charge is 0.317 e.